The monoisotopic (exact) mass is 221 g/mol. The second kappa shape index (κ2) is 5.92. The lowest BCUT2D eigenvalue weighted by Crippen LogP contribution is -2.32. The largest absolute Gasteiger partial charge is 0.480 e. The van der Waals surface area contributed by atoms with Gasteiger partial charge < -0.3 is 15.6 Å². The molecule has 1 aromatic rings. The molecule has 0 saturated carbocycles. The number of carboxylic acid groups (broad SMARTS) is 1. The van der Waals surface area contributed by atoms with Gasteiger partial charge in [0.1, 0.15) is 11.8 Å². The first-order valence-electron chi connectivity index (χ1n) is 4.98. The topological polar surface area (TPSA) is 72.5 Å². The van der Waals surface area contributed by atoms with Crippen LogP contribution in [0, 0.1) is 0 Å². The quantitative estimate of drug-likeness (QED) is 0.740. The van der Waals surface area contributed by atoms with Crippen LogP contribution >= 0.6 is 0 Å². The molecule has 16 heavy (non-hydrogen) atoms. The Hall–Kier alpha value is -1.81. The van der Waals surface area contributed by atoms with Crippen molar-refractivity contribution in [1.29, 1.82) is 0 Å². The fourth-order valence-electron chi connectivity index (χ4n) is 1.19. The molecule has 0 saturated heterocycles. The summed E-state index contributed by atoms with van der Waals surface area (Å²) in [5.74, 6) is -0.278. The summed E-state index contributed by atoms with van der Waals surface area (Å²) >= 11 is 0. The van der Waals surface area contributed by atoms with Crippen LogP contribution in [0.5, 0.6) is 5.75 Å². The van der Waals surface area contributed by atoms with Gasteiger partial charge in [0.25, 0.3) is 0 Å². The molecule has 0 aliphatic rings. The lowest BCUT2D eigenvalue weighted by molar-refractivity contribution is -0.138. The predicted octanol–water partition coefficient (Wildman–Crippen LogP) is 1.55. The van der Waals surface area contributed by atoms with Crippen LogP contribution in [0.4, 0.5) is 0 Å². The Balaban J connectivity index is 2.60. The molecule has 3 N–H and O–H groups in total. The van der Waals surface area contributed by atoms with Crippen molar-refractivity contribution in [2.24, 2.45) is 5.73 Å². The second-order valence-corrected chi connectivity index (χ2v) is 3.38. The Morgan fingerprint density at radius 1 is 1.50 bits per heavy atom. The first-order chi connectivity index (χ1) is 7.63. The van der Waals surface area contributed by atoms with Crippen molar-refractivity contribution in [1.82, 2.24) is 0 Å². The van der Waals surface area contributed by atoms with E-state index < -0.39 is 12.0 Å². The number of ether oxygens (including phenoxy) is 1. The van der Waals surface area contributed by atoms with E-state index >= 15 is 0 Å². The summed E-state index contributed by atoms with van der Waals surface area (Å²) in [5.41, 5.74) is 6.30. The van der Waals surface area contributed by atoms with Gasteiger partial charge in [-0.2, -0.15) is 0 Å². The molecule has 4 nitrogen and oxygen atoms in total. The molecule has 0 fully saturated rings. The Kier molecular flexibility index (Phi) is 4.54. The van der Waals surface area contributed by atoms with E-state index in [9.17, 15) is 4.79 Å². The molecular weight excluding hydrogens is 206 g/mol. The SMILES string of the molecule is C/C=C\Oc1ccc(CC(N)C(=O)O)cc1. The molecule has 0 heterocycles. The fraction of sp³-hybridized carbons (Fsp3) is 0.250. The smallest absolute Gasteiger partial charge is 0.320 e. The number of nitrogens with two attached hydrogens (primary N) is 1. The number of rotatable bonds is 5. The van der Waals surface area contributed by atoms with Crippen molar-refractivity contribution in [2.45, 2.75) is 19.4 Å². The number of carboxylic acids is 1. The van der Waals surface area contributed by atoms with Crippen molar-refractivity contribution < 1.29 is 14.6 Å². The van der Waals surface area contributed by atoms with E-state index in [1.54, 1.807) is 24.5 Å². The van der Waals surface area contributed by atoms with Crippen LogP contribution in [0.25, 0.3) is 0 Å². The predicted molar refractivity (Wildman–Crippen MR) is 61.2 cm³/mol. The Labute approximate surface area is 94.3 Å². The van der Waals surface area contributed by atoms with Crippen molar-refractivity contribution in [3.63, 3.8) is 0 Å². The molecule has 1 atom stereocenters. The Bertz CT molecular complexity index is 370. The zero-order chi connectivity index (χ0) is 12.0. The van der Waals surface area contributed by atoms with Crippen LogP contribution in [0.1, 0.15) is 12.5 Å². The van der Waals surface area contributed by atoms with Gasteiger partial charge in [0.05, 0.1) is 6.26 Å². The summed E-state index contributed by atoms with van der Waals surface area (Å²) in [7, 11) is 0. The minimum atomic E-state index is -0.991. The van der Waals surface area contributed by atoms with Gasteiger partial charge in [-0.1, -0.05) is 18.2 Å². The van der Waals surface area contributed by atoms with E-state index in [2.05, 4.69) is 0 Å². The van der Waals surface area contributed by atoms with Gasteiger partial charge in [0.2, 0.25) is 0 Å². The van der Waals surface area contributed by atoms with E-state index in [1.807, 2.05) is 19.1 Å². The van der Waals surface area contributed by atoms with E-state index in [0.29, 0.717) is 12.2 Å². The molecular formula is C12H15NO3. The Morgan fingerprint density at radius 2 is 2.12 bits per heavy atom. The maximum Gasteiger partial charge on any atom is 0.320 e. The maximum absolute atomic E-state index is 10.6. The maximum atomic E-state index is 10.6. The number of benzene rings is 1. The van der Waals surface area contributed by atoms with E-state index in [1.165, 1.54) is 0 Å². The van der Waals surface area contributed by atoms with Gasteiger partial charge in [-0.05, 0) is 31.0 Å². The van der Waals surface area contributed by atoms with Crippen LogP contribution < -0.4 is 10.5 Å². The second-order valence-electron chi connectivity index (χ2n) is 3.38. The molecule has 1 rings (SSSR count). The molecule has 86 valence electrons. The summed E-state index contributed by atoms with van der Waals surface area (Å²) in [6.45, 7) is 1.86. The van der Waals surface area contributed by atoms with Crippen LogP contribution in [-0.2, 0) is 11.2 Å². The molecule has 0 aromatic heterocycles. The number of hydrogen-bond acceptors (Lipinski definition) is 3. The van der Waals surface area contributed by atoms with Crippen LogP contribution in [-0.4, -0.2) is 17.1 Å². The molecule has 0 bridgehead atoms. The highest BCUT2D eigenvalue weighted by Crippen LogP contribution is 2.13. The highest BCUT2D eigenvalue weighted by atomic mass is 16.5. The third kappa shape index (κ3) is 3.74. The molecule has 1 unspecified atom stereocenters. The summed E-state index contributed by atoms with van der Waals surface area (Å²) < 4.78 is 5.23. The fourth-order valence-corrected chi connectivity index (χ4v) is 1.19. The van der Waals surface area contributed by atoms with Gasteiger partial charge in [-0.3, -0.25) is 4.79 Å². The first-order valence-corrected chi connectivity index (χ1v) is 4.98. The number of aliphatic carboxylic acids is 1. The summed E-state index contributed by atoms with van der Waals surface area (Å²) in [6, 6.07) is 6.32. The van der Waals surface area contributed by atoms with Gasteiger partial charge >= 0.3 is 5.97 Å². The third-order valence-electron chi connectivity index (χ3n) is 2.04. The minimum absolute atomic E-state index is 0.319. The molecule has 0 amide bonds. The minimum Gasteiger partial charge on any atom is -0.480 e. The van der Waals surface area contributed by atoms with Gasteiger partial charge in [0.15, 0.2) is 0 Å². The third-order valence-corrected chi connectivity index (χ3v) is 2.04. The number of hydrogen-bond donors (Lipinski definition) is 2. The molecule has 0 radical (unpaired) electrons. The zero-order valence-corrected chi connectivity index (χ0v) is 9.09. The highest BCUT2D eigenvalue weighted by molar-refractivity contribution is 5.73. The van der Waals surface area contributed by atoms with E-state index in [4.69, 9.17) is 15.6 Å². The van der Waals surface area contributed by atoms with Crippen molar-refractivity contribution in [3.05, 3.63) is 42.2 Å². The number of carbonyl (C=O) groups is 1. The van der Waals surface area contributed by atoms with Crippen LogP contribution in [0.15, 0.2) is 36.6 Å². The zero-order valence-electron chi connectivity index (χ0n) is 9.09. The molecule has 0 aliphatic heterocycles. The van der Waals surface area contributed by atoms with Crippen LogP contribution in [0.2, 0.25) is 0 Å². The van der Waals surface area contributed by atoms with Crippen molar-refractivity contribution in [3.8, 4) is 5.75 Å². The van der Waals surface area contributed by atoms with E-state index in [-0.39, 0.29) is 0 Å². The summed E-state index contributed by atoms with van der Waals surface area (Å²) in [4.78, 5) is 10.6. The van der Waals surface area contributed by atoms with Crippen molar-refractivity contribution >= 4 is 5.97 Å². The summed E-state index contributed by atoms with van der Waals surface area (Å²) in [5, 5.41) is 8.66. The normalized spacial score (nSPS) is 12.6. The standard InChI is InChI=1S/C12H15NO3/c1-2-7-16-10-5-3-9(4-6-10)8-11(13)12(14)15/h2-7,11H,8,13H2,1H3,(H,14,15)/b7-2-. The Morgan fingerprint density at radius 3 is 2.62 bits per heavy atom. The number of allylic oxidation sites excluding steroid dienone is 1. The average molecular weight is 221 g/mol. The highest BCUT2D eigenvalue weighted by Gasteiger charge is 2.11. The lowest BCUT2D eigenvalue weighted by atomic mass is 10.1. The first kappa shape index (κ1) is 12.3. The van der Waals surface area contributed by atoms with Crippen molar-refractivity contribution in [2.75, 3.05) is 0 Å². The van der Waals surface area contributed by atoms with E-state index in [0.717, 1.165) is 5.56 Å². The lowest BCUT2D eigenvalue weighted by Gasteiger charge is -2.07. The van der Waals surface area contributed by atoms with Gasteiger partial charge in [-0.15, -0.1) is 0 Å². The van der Waals surface area contributed by atoms with Crippen LogP contribution in [0.3, 0.4) is 0 Å². The molecule has 0 spiro atoms. The molecule has 1 aromatic carbocycles. The summed E-state index contributed by atoms with van der Waals surface area (Å²) in [6.07, 6.45) is 3.69. The molecule has 0 aliphatic carbocycles. The molecule has 4 heteroatoms. The van der Waals surface area contributed by atoms with Gasteiger partial charge in [-0.25, -0.2) is 0 Å². The average Bonchev–Trinajstić information content (AvgIpc) is 2.28. The van der Waals surface area contributed by atoms with Gasteiger partial charge in [0, 0.05) is 0 Å².